The fourth-order valence-electron chi connectivity index (χ4n) is 2.71. The van der Waals surface area contributed by atoms with Gasteiger partial charge < -0.3 is 10.6 Å². The second-order valence-electron chi connectivity index (χ2n) is 5.40. The van der Waals surface area contributed by atoms with E-state index in [4.69, 9.17) is 17.3 Å². The summed E-state index contributed by atoms with van der Waals surface area (Å²) in [5.74, 6) is 0.267. The van der Waals surface area contributed by atoms with E-state index in [1.54, 1.807) is 0 Å². The largest absolute Gasteiger partial charge is 0.338 e. The van der Waals surface area contributed by atoms with E-state index >= 15 is 0 Å². The molecule has 0 fully saturated rings. The highest BCUT2D eigenvalue weighted by Crippen LogP contribution is 2.26. The lowest BCUT2D eigenvalue weighted by Gasteiger charge is -2.29. The molecular weight excluding hydrogens is 272 g/mol. The zero-order chi connectivity index (χ0) is 14.4. The first kappa shape index (κ1) is 15.3. The molecule has 1 heterocycles. The van der Waals surface area contributed by atoms with Gasteiger partial charge in [-0.05, 0) is 43.0 Å². The summed E-state index contributed by atoms with van der Waals surface area (Å²) >= 11 is 6.19. The minimum Gasteiger partial charge on any atom is -0.338 e. The maximum absolute atomic E-state index is 12.2. The summed E-state index contributed by atoms with van der Waals surface area (Å²) in [7, 11) is 0. The van der Waals surface area contributed by atoms with Crippen LogP contribution in [0, 0.1) is 0 Å². The maximum atomic E-state index is 12.2. The molecule has 0 bridgehead atoms. The number of hydrogen-bond donors (Lipinski definition) is 1. The Morgan fingerprint density at radius 2 is 2.05 bits per heavy atom. The van der Waals surface area contributed by atoms with Crippen molar-refractivity contribution in [3.63, 3.8) is 0 Å². The lowest BCUT2D eigenvalue weighted by molar-refractivity contribution is -0.132. The van der Waals surface area contributed by atoms with E-state index in [1.165, 1.54) is 11.1 Å². The number of carbonyl (C=O) groups is 1. The minimum absolute atomic E-state index is 0.267. The van der Waals surface area contributed by atoms with E-state index in [0.717, 1.165) is 50.2 Å². The summed E-state index contributed by atoms with van der Waals surface area (Å²) in [4.78, 5) is 14.2. The van der Waals surface area contributed by atoms with Gasteiger partial charge in [-0.2, -0.15) is 0 Å². The zero-order valence-electron chi connectivity index (χ0n) is 11.9. The van der Waals surface area contributed by atoms with Crippen LogP contribution >= 0.6 is 11.6 Å². The summed E-state index contributed by atoms with van der Waals surface area (Å²) in [6.07, 6.45) is 5.78. The Labute approximate surface area is 126 Å². The number of halogens is 1. The Morgan fingerprint density at radius 1 is 1.25 bits per heavy atom. The van der Waals surface area contributed by atoms with Crippen molar-refractivity contribution in [2.24, 2.45) is 5.73 Å². The molecule has 2 N–H and O–H groups in total. The van der Waals surface area contributed by atoms with Crippen LogP contribution in [0.3, 0.4) is 0 Å². The molecule has 1 aromatic rings. The molecule has 0 spiro atoms. The van der Waals surface area contributed by atoms with Crippen LogP contribution in [0.5, 0.6) is 0 Å². The first-order valence-corrected chi connectivity index (χ1v) is 7.84. The highest BCUT2D eigenvalue weighted by molar-refractivity contribution is 6.31. The van der Waals surface area contributed by atoms with Crippen LogP contribution in [-0.4, -0.2) is 23.9 Å². The van der Waals surface area contributed by atoms with Crippen molar-refractivity contribution in [2.45, 2.75) is 45.1 Å². The summed E-state index contributed by atoms with van der Waals surface area (Å²) in [5.41, 5.74) is 7.86. The second kappa shape index (κ2) is 7.65. The van der Waals surface area contributed by atoms with Crippen molar-refractivity contribution in [3.8, 4) is 0 Å². The average Bonchev–Trinajstić information content (AvgIpc) is 2.47. The highest BCUT2D eigenvalue weighted by atomic mass is 35.5. The van der Waals surface area contributed by atoms with Gasteiger partial charge in [0.2, 0.25) is 5.91 Å². The molecule has 1 aliphatic heterocycles. The van der Waals surface area contributed by atoms with Crippen LogP contribution in [-0.2, 0) is 17.8 Å². The molecular formula is C16H23ClN2O. The SMILES string of the molecule is NCCCCCCC(=O)N1CCc2c(Cl)cccc2C1. The molecule has 110 valence electrons. The molecule has 2 rings (SSSR count). The van der Waals surface area contributed by atoms with Crippen molar-refractivity contribution in [1.29, 1.82) is 0 Å². The normalized spacial score (nSPS) is 14.2. The third-order valence-electron chi connectivity index (χ3n) is 3.91. The predicted molar refractivity (Wildman–Crippen MR) is 82.7 cm³/mol. The van der Waals surface area contributed by atoms with Crippen LogP contribution in [0.25, 0.3) is 0 Å². The molecule has 4 heteroatoms. The standard InChI is InChI=1S/C16H23ClN2O/c17-15-7-5-6-13-12-19(11-9-14(13)15)16(20)8-3-1-2-4-10-18/h5-7H,1-4,8-12,18H2. The molecule has 3 nitrogen and oxygen atoms in total. The quantitative estimate of drug-likeness (QED) is 0.819. The number of rotatable bonds is 6. The number of fused-ring (bicyclic) bond motifs is 1. The monoisotopic (exact) mass is 294 g/mol. The van der Waals surface area contributed by atoms with Gasteiger partial charge in [-0.15, -0.1) is 0 Å². The van der Waals surface area contributed by atoms with Gasteiger partial charge in [0.15, 0.2) is 0 Å². The molecule has 1 aliphatic rings. The Kier molecular flexibility index (Phi) is 5.86. The summed E-state index contributed by atoms with van der Waals surface area (Å²) in [6, 6.07) is 5.96. The molecule has 1 aromatic carbocycles. The molecule has 0 atom stereocenters. The van der Waals surface area contributed by atoms with Gasteiger partial charge in [-0.25, -0.2) is 0 Å². The van der Waals surface area contributed by atoms with Crippen molar-refractivity contribution in [2.75, 3.05) is 13.1 Å². The Bertz CT molecular complexity index is 462. The minimum atomic E-state index is 0.267. The first-order chi connectivity index (χ1) is 9.72. The number of hydrogen-bond acceptors (Lipinski definition) is 2. The number of amides is 1. The summed E-state index contributed by atoms with van der Waals surface area (Å²) in [6.45, 7) is 2.24. The van der Waals surface area contributed by atoms with Crippen LogP contribution < -0.4 is 5.73 Å². The third-order valence-corrected chi connectivity index (χ3v) is 4.26. The van der Waals surface area contributed by atoms with Crippen molar-refractivity contribution in [1.82, 2.24) is 4.90 Å². The lowest BCUT2D eigenvalue weighted by Crippen LogP contribution is -2.35. The number of benzene rings is 1. The summed E-state index contributed by atoms with van der Waals surface area (Å²) < 4.78 is 0. The van der Waals surface area contributed by atoms with Gasteiger partial charge in [0.25, 0.3) is 0 Å². The molecule has 0 unspecified atom stereocenters. The van der Waals surface area contributed by atoms with Crippen molar-refractivity contribution >= 4 is 17.5 Å². The molecule has 0 aliphatic carbocycles. The number of unbranched alkanes of at least 4 members (excludes halogenated alkanes) is 3. The van der Waals surface area contributed by atoms with E-state index in [-0.39, 0.29) is 5.91 Å². The van der Waals surface area contributed by atoms with E-state index in [9.17, 15) is 4.79 Å². The van der Waals surface area contributed by atoms with E-state index in [1.807, 2.05) is 17.0 Å². The van der Waals surface area contributed by atoms with Crippen molar-refractivity contribution in [3.05, 3.63) is 34.3 Å². The van der Waals surface area contributed by atoms with E-state index in [0.29, 0.717) is 13.0 Å². The fourth-order valence-corrected chi connectivity index (χ4v) is 3.00. The summed E-state index contributed by atoms with van der Waals surface area (Å²) in [5, 5.41) is 0.830. The van der Waals surface area contributed by atoms with Crippen molar-refractivity contribution < 1.29 is 4.79 Å². The smallest absolute Gasteiger partial charge is 0.222 e. The zero-order valence-corrected chi connectivity index (χ0v) is 12.7. The van der Waals surface area contributed by atoms with E-state index in [2.05, 4.69) is 6.07 Å². The highest BCUT2D eigenvalue weighted by Gasteiger charge is 2.21. The molecule has 0 saturated carbocycles. The second-order valence-corrected chi connectivity index (χ2v) is 5.80. The van der Waals surface area contributed by atoms with Gasteiger partial charge in [0, 0.05) is 24.5 Å². The molecule has 0 aromatic heterocycles. The van der Waals surface area contributed by atoms with Gasteiger partial charge in [0.05, 0.1) is 0 Å². The Hall–Kier alpha value is -1.06. The van der Waals surface area contributed by atoms with E-state index < -0.39 is 0 Å². The van der Waals surface area contributed by atoms with Crippen LogP contribution in [0.4, 0.5) is 0 Å². The van der Waals surface area contributed by atoms with Gasteiger partial charge in [-0.3, -0.25) is 4.79 Å². The van der Waals surface area contributed by atoms with Gasteiger partial charge in [-0.1, -0.05) is 36.6 Å². The number of nitrogens with two attached hydrogens (primary N) is 1. The topological polar surface area (TPSA) is 46.3 Å². The van der Waals surface area contributed by atoms with Gasteiger partial charge >= 0.3 is 0 Å². The van der Waals surface area contributed by atoms with Crippen LogP contribution in [0.15, 0.2) is 18.2 Å². The Morgan fingerprint density at radius 3 is 2.85 bits per heavy atom. The average molecular weight is 295 g/mol. The fraction of sp³-hybridized carbons (Fsp3) is 0.562. The molecule has 20 heavy (non-hydrogen) atoms. The number of carbonyl (C=O) groups excluding carboxylic acids is 1. The molecule has 1 amide bonds. The molecule has 0 saturated heterocycles. The van der Waals surface area contributed by atoms with Gasteiger partial charge in [0.1, 0.15) is 0 Å². The maximum Gasteiger partial charge on any atom is 0.222 e. The number of nitrogens with zero attached hydrogens (tertiary/aromatic N) is 1. The Balaban J connectivity index is 1.81. The van der Waals surface area contributed by atoms with Crippen LogP contribution in [0.2, 0.25) is 5.02 Å². The lowest BCUT2D eigenvalue weighted by atomic mass is 9.99. The van der Waals surface area contributed by atoms with Crippen LogP contribution in [0.1, 0.15) is 43.2 Å². The molecule has 0 radical (unpaired) electrons. The third kappa shape index (κ3) is 3.97. The predicted octanol–water partition coefficient (Wildman–Crippen LogP) is 3.13. The first-order valence-electron chi connectivity index (χ1n) is 7.46.